The van der Waals surface area contributed by atoms with Crippen LogP contribution in [0.4, 0.5) is 0 Å². The van der Waals surface area contributed by atoms with Gasteiger partial charge in [-0.2, -0.15) is 0 Å². The highest BCUT2D eigenvalue weighted by Crippen LogP contribution is 2.29. The Morgan fingerprint density at radius 3 is 2.47 bits per heavy atom. The van der Waals surface area contributed by atoms with Gasteiger partial charge in [-0.15, -0.1) is 0 Å². The maximum atomic E-state index is 9.62. The predicted molar refractivity (Wildman–Crippen MR) is 65.2 cm³/mol. The highest BCUT2D eigenvalue weighted by molar-refractivity contribution is 6.60. The first kappa shape index (κ1) is 10.2. The second-order valence-electron chi connectivity index (χ2n) is 3.88. The van der Waals surface area contributed by atoms with Crippen LogP contribution in [0.3, 0.4) is 0 Å². The number of rotatable bonds is 1. The lowest BCUT2D eigenvalue weighted by Crippen LogP contribution is -2.29. The molecule has 0 saturated heterocycles. The molecule has 0 radical (unpaired) electrons. The van der Waals surface area contributed by atoms with Crippen LogP contribution in [-0.2, 0) is 0 Å². The van der Waals surface area contributed by atoms with Gasteiger partial charge >= 0.3 is 7.12 Å². The monoisotopic (exact) mass is 228 g/mol. The molecule has 1 aromatic heterocycles. The van der Waals surface area contributed by atoms with Gasteiger partial charge in [0.2, 0.25) is 0 Å². The van der Waals surface area contributed by atoms with Gasteiger partial charge in [-0.3, -0.25) is 0 Å². The molecular weight excluding hydrogens is 219 g/mol. The molecular formula is C12H9BO4. The zero-order valence-corrected chi connectivity index (χ0v) is 8.79. The van der Waals surface area contributed by atoms with Crippen molar-refractivity contribution in [3.63, 3.8) is 0 Å². The molecule has 0 aliphatic rings. The Morgan fingerprint density at radius 1 is 0.941 bits per heavy atom. The van der Waals surface area contributed by atoms with Crippen molar-refractivity contribution in [1.82, 2.24) is 0 Å². The fourth-order valence-corrected chi connectivity index (χ4v) is 1.98. The first-order valence-electron chi connectivity index (χ1n) is 5.17. The molecule has 1 heterocycles. The fraction of sp³-hybridized carbons (Fsp3) is 0. The fourth-order valence-electron chi connectivity index (χ4n) is 1.98. The number of hydrogen-bond donors (Lipinski definition) is 3. The van der Waals surface area contributed by atoms with Gasteiger partial charge in [0.05, 0.1) is 0 Å². The van der Waals surface area contributed by atoms with Crippen molar-refractivity contribution in [3.05, 3.63) is 36.4 Å². The summed E-state index contributed by atoms with van der Waals surface area (Å²) in [6, 6.07) is 10.4. The van der Waals surface area contributed by atoms with E-state index in [0.717, 1.165) is 10.8 Å². The quantitative estimate of drug-likeness (QED) is 0.542. The number of fused-ring (bicyclic) bond motifs is 3. The van der Waals surface area contributed by atoms with Crippen LogP contribution >= 0.6 is 0 Å². The summed E-state index contributed by atoms with van der Waals surface area (Å²) < 4.78 is 5.54. The van der Waals surface area contributed by atoms with Gasteiger partial charge in [-0.25, -0.2) is 0 Å². The molecule has 84 valence electrons. The van der Waals surface area contributed by atoms with Crippen LogP contribution in [-0.4, -0.2) is 22.3 Å². The topological polar surface area (TPSA) is 73.8 Å². The third-order valence-electron chi connectivity index (χ3n) is 2.80. The van der Waals surface area contributed by atoms with Gasteiger partial charge in [0.25, 0.3) is 0 Å². The van der Waals surface area contributed by atoms with E-state index in [2.05, 4.69) is 0 Å². The van der Waals surface area contributed by atoms with Crippen LogP contribution in [0.5, 0.6) is 5.75 Å². The lowest BCUT2D eigenvalue weighted by atomic mass is 9.79. The zero-order chi connectivity index (χ0) is 12.0. The van der Waals surface area contributed by atoms with Crippen LogP contribution in [0.1, 0.15) is 0 Å². The van der Waals surface area contributed by atoms with E-state index in [1.54, 1.807) is 0 Å². The molecule has 0 aliphatic heterocycles. The number of phenols is 1. The molecule has 5 heteroatoms. The van der Waals surface area contributed by atoms with Crippen LogP contribution in [0.15, 0.2) is 40.8 Å². The van der Waals surface area contributed by atoms with Crippen molar-refractivity contribution in [2.45, 2.75) is 0 Å². The number of para-hydroxylation sites is 1. The molecule has 0 unspecified atom stereocenters. The van der Waals surface area contributed by atoms with E-state index in [4.69, 9.17) is 14.5 Å². The average Bonchev–Trinajstić information content (AvgIpc) is 2.64. The van der Waals surface area contributed by atoms with Crippen LogP contribution in [0.25, 0.3) is 21.9 Å². The second kappa shape index (κ2) is 3.51. The van der Waals surface area contributed by atoms with E-state index in [1.807, 2.05) is 24.3 Å². The van der Waals surface area contributed by atoms with E-state index in [9.17, 15) is 5.11 Å². The van der Waals surface area contributed by atoms with Gasteiger partial charge in [0, 0.05) is 22.3 Å². The van der Waals surface area contributed by atoms with Crippen LogP contribution < -0.4 is 5.46 Å². The van der Waals surface area contributed by atoms with Crippen LogP contribution in [0, 0.1) is 0 Å². The Labute approximate surface area is 96.9 Å². The van der Waals surface area contributed by atoms with Crippen molar-refractivity contribution in [2.24, 2.45) is 0 Å². The Kier molecular flexibility index (Phi) is 2.11. The van der Waals surface area contributed by atoms with E-state index in [1.165, 1.54) is 12.1 Å². The van der Waals surface area contributed by atoms with Crippen molar-refractivity contribution in [3.8, 4) is 5.75 Å². The summed E-state index contributed by atoms with van der Waals surface area (Å²) in [5.74, 6) is -0.188. The summed E-state index contributed by atoms with van der Waals surface area (Å²) in [6.45, 7) is 0. The molecule has 0 fully saturated rings. The smallest absolute Gasteiger partial charge is 0.492 e. The number of phenolic OH excluding ortho intramolecular Hbond substituents is 1. The van der Waals surface area contributed by atoms with Crippen LogP contribution in [0.2, 0.25) is 0 Å². The van der Waals surface area contributed by atoms with Crippen molar-refractivity contribution in [2.75, 3.05) is 0 Å². The highest BCUT2D eigenvalue weighted by atomic mass is 16.4. The number of benzene rings is 2. The maximum absolute atomic E-state index is 9.62. The molecule has 0 atom stereocenters. The Bertz CT molecular complexity index is 702. The minimum absolute atomic E-state index is 0.0732. The molecule has 3 aromatic rings. The molecule has 17 heavy (non-hydrogen) atoms. The molecule has 4 nitrogen and oxygen atoms in total. The van der Waals surface area contributed by atoms with E-state index in [0.29, 0.717) is 11.2 Å². The highest BCUT2D eigenvalue weighted by Gasteiger charge is 2.19. The Morgan fingerprint density at radius 2 is 1.71 bits per heavy atom. The van der Waals surface area contributed by atoms with Gasteiger partial charge in [0.1, 0.15) is 16.9 Å². The Hall–Kier alpha value is -1.98. The summed E-state index contributed by atoms with van der Waals surface area (Å²) in [5.41, 5.74) is 1.30. The summed E-state index contributed by atoms with van der Waals surface area (Å²) in [7, 11) is -1.70. The first-order valence-corrected chi connectivity index (χ1v) is 5.17. The number of furan rings is 1. The Balaban J connectivity index is 2.43. The van der Waals surface area contributed by atoms with Gasteiger partial charge < -0.3 is 19.6 Å². The summed E-state index contributed by atoms with van der Waals surface area (Å²) in [4.78, 5) is 0. The van der Waals surface area contributed by atoms with E-state index in [-0.39, 0.29) is 11.2 Å². The van der Waals surface area contributed by atoms with Crippen molar-refractivity contribution in [1.29, 1.82) is 0 Å². The first-order chi connectivity index (χ1) is 8.16. The molecule has 0 spiro atoms. The third-order valence-corrected chi connectivity index (χ3v) is 2.80. The largest absolute Gasteiger partial charge is 0.508 e. The van der Waals surface area contributed by atoms with Gasteiger partial charge in [-0.05, 0) is 12.1 Å². The SMILES string of the molecule is OB(O)c1cc2c(cc1O)oc1ccccc12. The number of aromatic hydroxyl groups is 1. The predicted octanol–water partition coefficient (Wildman–Crippen LogP) is 0.971. The summed E-state index contributed by atoms with van der Waals surface area (Å²) in [5, 5.41) is 29.5. The van der Waals surface area contributed by atoms with E-state index < -0.39 is 7.12 Å². The average molecular weight is 228 g/mol. The third kappa shape index (κ3) is 1.48. The van der Waals surface area contributed by atoms with Gasteiger partial charge in [0.15, 0.2) is 0 Å². The molecule has 2 aromatic carbocycles. The lowest BCUT2D eigenvalue weighted by molar-refractivity contribution is 0.419. The second-order valence-corrected chi connectivity index (χ2v) is 3.88. The molecule has 0 bridgehead atoms. The molecule has 0 aliphatic carbocycles. The lowest BCUT2D eigenvalue weighted by Gasteiger charge is -2.02. The molecule has 3 N–H and O–H groups in total. The van der Waals surface area contributed by atoms with Crippen molar-refractivity contribution >= 4 is 34.5 Å². The standard InChI is InChI=1S/C12H9BO4/c14-10-6-12-8(5-9(10)13(15)16)7-3-1-2-4-11(7)17-12/h1-6,14-16H. The molecule has 0 amide bonds. The van der Waals surface area contributed by atoms with Crippen molar-refractivity contribution < 1.29 is 19.6 Å². The molecule has 0 saturated carbocycles. The minimum Gasteiger partial charge on any atom is -0.508 e. The maximum Gasteiger partial charge on any atom is 0.492 e. The molecule has 3 rings (SSSR count). The van der Waals surface area contributed by atoms with E-state index >= 15 is 0 Å². The summed E-state index contributed by atoms with van der Waals surface area (Å²) >= 11 is 0. The summed E-state index contributed by atoms with van der Waals surface area (Å²) in [6.07, 6.45) is 0. The number of hydrogen-bond acceptors (Lipinski definition) is 4. The zero-order valence-electron chi connectivity index (χ0n) is 8.79. The minimum atomic E-state index is -1.70. The normalized spacial score (nSPS) is 11.2. The van der Waals surface area contributed by atoms with Gasteiger partial charge in [-0.1, -0.05) is 18.2 Å².